The molecule has 0 aromatic carbocycles. The molecule has 0 N–H and O–H groups in total. The Bertz CT molecular complexity index is 952. The van der Waals surface area contributed by atoms with Crippen molar-refractivity contribution in [2.75, 3.05) is 12.8 Å². The van der Waals surface area contributed by atoms with Crippen LogP contribution >= 0.6 is 34.7 Å². The normalized spacial score (nSPS) is 11.3. The molecule has 0 atom stereocenters. The Morgan fingerprint density at radius 3 is 2.73 bits per heavy atom. The third-order valence-corrected chi connectivity index (χ3v) is 6.00. The van der Waals surface area contributed by atoms with E-state index in [1.807, 2.05) is 44.1 Å². The number of aromatic nitrogens is 4. The number of nitrogens with zero attached hydrogens (tertiary/aromatic N) is 5. The lowest BCUT2D eigenvalue weighted by Crippen LogP contribution is -2.32. The average Bonchev–Trinajstić information content (AvgIpc) is 3.22. The van der Waals surface area contributed by atoms with Crippen molar-refractivity contribution in [3.8, 4) is 0 Å². The molecule has 0 unspecified atom stereocenters. The van der Waals surface area contributed by atoms with E-state index in [4.69, 9.17) is 11.6 Å². The Balaban J connectivity index is 1.85. The summed E-state index contributed by atoms with van der Waals surface area (Å²) < 4.78 is 2.46. The predicted molar refractivity (Wildman–Crippen MR) is 106 cm³/mol. The van der Waals surface area contributed by atoms with Gasteiger partial charge in [-0.2, -0.15) is 4.98 Å². The quantitative estimate of drug-likeness (QED) is 0.580. The number of likely N-dealkylation sites (N-methyl/N-ethyl adjacent to an activating group) is 1. The van der Waals surface area contributed by atoms with Gasteiger partial charge in [-0.05, 0) is 39.2 Å². The molecule has 3 aromatic rings. The Morgan fingerprint density at radius 1 is 1.35 bits per heavy atom. The first-order chi connectivity index (χ1) is 12.4. The highest BCUT2D eigenvalue weighted by Gasteiger charge is 2.19. The van der Waals surface area contributed by atoms with E-state index < -0.39 is 0 Å². The number of hydrogen-bond donors (Lipinski definition) is 0. The fourth-order valence-electron chi connectivity index (χ4n) is 2.80. The van der Waals surface area contributed by atoms with Crippen LogP contribution in [0, 0.1) is 13.8 Å². The van der Waals surface area contributed by atoms with Gasteiger partial charge in [0.2, 0.25) is 11.1 Å². The zero-order valence-electron chi connectivity index (χ0n) is 15.1. The number of carbonyl (C=O) groups excluding carboxylic acids is 1. The lowest BCUT2D eigenvalue weighted by Gasteiger charge is -2.21. The molecule has 0 aliphatic rings. The van der Waals surface area contributed by atoms with Crippen molar-refractivity contribution in [2.45, 2.75) is 38.9 Å². The largest absolute Gasteiger partial charge is 0.338 e. The molecule has 26 heavy (non-hydrogen) atoms. The maximum absolute atomic E-state index is 12.9. The number of hydrogen-bond acceptors (Lipinski definition) is 6. The highest BCUT2D eigenvalue weighted by molar-refractivity contribution is 7.98. The molecule has 0 aliphatic heterocycles. The molecule has 0 aliphatic carbocycles. The molecule has 6 nitrogen and oxygen atoms in total. The summed E-state index contributed by atoms with van der Waals surface area (Å²) in [6.07, 6.45) is 2.22. The van der Waals surface area contributed by atoms with Crippen LogP contribution in [0.1, 0.15) is 28.8 Å². The monoisotopic (exact) mass is 409 g/mol. The molecular weight excluding hydrogens is 390 g/mol. The van der Waals surface area contributed by atoms with Gasteiger partial charge in [0.25, 0.3) is 5.78 Å². The first-order valence-corrected chi connectivity index (χ1v) is 10.6. The molecule has 138 valence electrons. The van der Waals surface area contributed by atoms with Gasteiger partial charge < -0.3 is 4.90 Å². The van der Waals surface area contributed by atoms with Gasteiger partial charge in [-0.25, -0.2) is 9.50 Å². The van der Waals surface area contributed by atoms with E-state index in [0.717, 1.165) is 26.2 Å². The van der Waals surface area contributed by atoms with E-state index in [-0.39, 0.29) is 5.91 Å². The summed E-state index contributed by atoms with van der Waals surface area (Å²) in [5.74, 6) is 0.635. The molecule has 0 saturated carbocycles. The van der Waals surface area contributed by atoms with Crippen LogP contribution in [0.2, 0.25) is 4.34 Å². The van der Waals surface area contributed by atoms with Crippen molar-refractivity contribution in [1.29, 1.82) is 0 Å². The van der Waals surface area contributed by atoms with Gasteiger partial charge in [-0.1, -0.05) is 23.4 Å². The maximum atomic E-state index is 12.9. The Labute approximate surface area is 165 Å². The van der Waals surface area contributed by atoms with Crippen molar-refractivity contribution in [3.05, 3.63) is 38.3 Å². The minimum absolute atomic E-state index is 0.0644. The summed E-state index contributed by atoms with van der Waals surface area (Å²) in [6.45, 7) is 7.07. The topological polar surface area (TPSA) is 63.4 Å². The number of aryl methyl sites for hydroxylation is 2. The third kappa shape index (κ3) is 3.87. The fourth-order valence-corrected chi connectivity index (χ4v) is 4.24. The lowest BCUT2D eigenvalue weighted by molar-refractivity contribution is -0.130. The molecule has 0 bridgehead atoms. The summed E-state index contributed by atoms with van der Waals surface area (Å²) in [5.41, 5.74) is 2.63. The van der Waals surface area contributed by atoms with E-state index in [9.17, 15) is 4.79 Å². The van der Waals surface area contributed by atoms with Crippen LogP contribution in [0.4, 0.5) is 0 Å². The molecule has 9 heteroatoms. The minimum atomic E-state index is 0.0644. The number of thioether (sulfide) groups is 1. The van der Waals surface area contributed by atoms with Crippen LogP contribution in [-0.4, -0.2) is 43.2 Å². The Hall–Kier alpha value is -1.64. The number of thiophene rings is 1. The fraction of sp³-hybridized carbons (Fsp3) is 0.412. The number of fused-ring (bicyclic) bond motifs is 1. The number of carbonyl (C=O) groups is 1. The van der Waals surface area contributed by atoms with Crippen molar-refractivity contribution in [2.24, 2.45) is 0 Å². The lowest BCUT2D eigenvalue weighted by atomic mass is 10.1. The van der Waals surface area contributed by atoms with Gasteiger partial charge in [-0.3, -0.25) is 4.79 Å². The van der Waals surface area contributed by atoms with E-state index in [0.29, 0.717) is 30.4 Å². The van der Waals surface area contributed by atoms with Gasteiger partial charge in [-0.15, -0.1) is 16.4 Å². The second-order valence-corrected chi connectivity index (χ2v) is 8.44. The molecule has 0 fully saturated rings. The van der Waals surface area contributed by atoms with Crippen molar-refractivity contribution in [3.63, 3.8) is 0 Å². The zero-order chi connectivity index (χ0) is 18.8. The molecule has 0 saturated heterocycles. The minimum Gasteiger partial charge on any atom is -0.338 e. The molecule has 0 radical (unpaired) electrons. The van der Waals surface area contributed by atoms with Crippen molar-refractivity contribution < 1.29 is 4.79 Å². The Kier molecular flexibility index (Phi) is 5.84. The van der Waals surface area contributed by atoms with Crippen LogP contribution in [0.25, 0.3) is 5.78 Å². The van der Waals surface area contributed by atoms with Crippen LogP contribution in [0.5, 0.6) is 0 Å². The Morgan fingerprint density at radius 2 is 2.12 bits per heavy atom. The van der Waals surface area contributed by atoms with Crippen LogP contribution in [0.15, 0.2) is 17.3 Å². The maximum Gasteiger partial charge on any atom is 0.253 e. The third-order valence-electron chi connectivity index (χ3n) is 4.25. The molecule has 3 rings (SSSR count). The molecule has 3 aromatic heterocycles. The van der Waals surface area contributed by atoms with Gasteiger partial charge in [0, 0.05) is 28.4 Å². The highest BCUT2D eigenvalue weighted by Crippen LogP contribution is 2.23. The van der Waals surface area contributed by atoms with Gasteiger partial charge >= 0.3 is 0 Å². The summed E-state index contributed by atoms with van der Waals surface area (Å²) >= 11 is 8.97. The molecular formula is C17H20ClN5OS2. The van der Waals surface area contributed by atoms with Crippen LogP contribution < -0.4 is 0 Å². The number of halogens is 1. The predicted octanol–water partition coefficient (Wildman–Crippen LogP) is 3.77. The van der Waals surface area contributed by atoms with E-state index in [1.165, 1.54) is 23.1 Å². The second kappa shape index (κ2) is 7.94. The summed E-state index contributed by atoms with van der Waals surface area (Å²) in [4.78, 5) is 24.7. The van der Waals surface area contributed by atoms with E-state index >= 15 is 0 Å². The summed E-state index contributed by atoms with van der Waals surface area (Å²) in [5, 5.41) is 5.12. The average molecular weight is 410 g/mol. The molecule has 3 heterocycles. The molecule has 1 amide bonds. The van der Waals surface area contributed by atoms with E-state index in [1.54, 1.807) is 4.52 Å². The van der Waals surface area contributed by atoms with Gasteiger partial charge in [0.05, 0.1) is 17.3 Å². The van der Waals surface area contributed by atoms with Gasteiger partial charge in [0.1, 0.15) is 0 Å². The first-order valence-electron chi connectivity index (χ1n) is 8.21. The van der Waals surface area contributed by atoms with Gasteiger partial charge in [0.15, 0.2) is 0 Å². The number of rotatable bonds is 6. The van der Waals surface area contributed by atoms with Crippen LogP contribution in [0.3, 0.4) is 0 Å². The smallest absolute Gasteiger partial charge is 0.253 e. The first kappa shape index (κ1) is 19.1. The number of amides is 1. The summed E-state index contributed by atoms with van der Waals surface area (Å²) in [7, 11) is 0. The van der Waals surface area contributed by atoms with Crippen molar-refractivity contribution in [1.82, 2.24) is 24.5 Å². The standard InChI is InChI=1S/C17H20ClN5OS2/c1-5-22(9-12-6-7-14(18)26-12)15(24)8-13-10(2)19-16-20-17(25-4)21-23(16)11(13)3/h6-7H,5,8-9H2,1-4H3. The zero-order valence-corrected chi connectivity index (χ0v) is 17.5. The second-order valence-electron chi connectivity index (χ2n) is 5.86. The molecule has 0 spiro atoms. The van der Waals surface area contributed by atoms with E-state index in [2.05, 4.69) is 15.1 Å². The van der Waals surface area contributed by atoms with Crippen molar-refractivity contribution >= 4 is 46.4 Å². The van der Waals surface area contributed by atoms with Crippen LogP contribution in [-0.2, 0) is 17.8 Å². The summed E-state index contributed by atoms with van der Waals surface area (Å²) in [6, 6.07) is 3.83. The SMILES string of the molecule is CCN(Cc1ccc(Cl)s1)C(=O)Cc1c(C)nc2nc(SC)nn2c1C. The highest BCUT2D eigenvalue weighted by atomic mass is 35.5.